The van der Waals surface area contributed by atoms with Gasteiger partial charge in [0.05, 0.1) is 11.6 Å². The predicted molar refractivity (Wildman–Crippen MR) is 94.4 cm³/mol. The van der Waals surface area contributed by atoms with Crippen molar-refractivity contribution in [1.29, 1.82) is 5.26 Å². The molecule has 1 saturated heterocycles. The second-order valence-corrected chi connectivity index (χ2v) is 6.70. The first-order chi connectivity index (χ1) is 11.3. The number of hydrogen-bond donors (Lipinski definition) is 0. The fourth-order valence-electron chi connectivity index (χ4n) is 4.88. The van der Waals surface area contributed by atoms with Gasteiger partial charge in [0.1, 0.15) is 6.54 Å². The molecule has 1 aliphatic heterocycles. The molecule has 118 valence electrons. The molecule has 1 aromatic heterocycles. The van der Waals surface area contributed by atoms with Gasteiger partial charge in [-0.2, -0.15) is 5.26 Å². The van der Waals surface area contributed by atoms with Crippen LogP contribution in [0.3, 0.4) is 0 Å². The van der Waals surface area contributed by atoms with Crippen LogP contribution in [-0.4, -0.2) is 28.6 Å². The van der Waals surface area contributed by atoms with Crippen molar-refractivity contribution >= 4 is 17.0 Å². The molecule has 1 fully saturated rings. The van der Waals surface area contributed by atoms with E-state index in [1.165, 1.54) is 41.4 Å². The molecule has 3 heteroatoms. The number of likely N-dealkylation sites (N-methyl/N-ethyl adjacent to an activating group) is 1. The van der Waals surface area contributed by atoms with E-state index in [-0.39, 0.29) is 0 Å². The van der Waals surface area contributed by atoms with Crippen LogP contribution in [0.5, 0.6) is 0 Å². The molecule has 0 unspecified atom stereocenters. The molecule has 2 aliphatic rings. The molecule has 1 aliphatic carbocycles. The smallest absolute Gasteiger partial charge is 0.110 e. The molecule has 3 nitrogen and oxygen atoms in total. The summed E-state index contributed by atoms with van der Waals surface area (Å²) in [5, 5.41) is 10.6. The summed E-state index contributed by atoms with van der Waals surface area (Å²) in [6, 6.07) is 9.55. The summed E-state index contributed by atoms with van der Waals surface area (Å²) >= 11 is 0. The van der Waals surface area contributed by atoms with Crippen LogP contribution in [0.25, 0.3) is 17.0 Å². The van der Waals surface area contributed by atoms with Gasteiger partial charge in [-0.15, -0.1) is 0 Å². The van der Waals surface area contributed by atoms with Gasteiger partial charge in [-0.05, 0) is 55.6 Å². The van der Waals surface area contributed by atoms with E-state index in [2.05, 4.69) is 47.2 Å². The first-order valence-corrected chi connectivity index (χ1v) is 8.67. The molecular weight excluding hydrogens is 282 g/mol. The third kappa shape index (κ3) is 1.98. The van der Waals surface area contributed by atoms with Crippen molar-refractivity contribution in [1.82, 2.24) is 9.47 Å². The fourth-order valence-corrected chi connectivity index (χ4v) is 4.88. The zero-order valence-corrected chi connectivity index (χ0v) is 13.8. The lowest BCUT2D eigenvalue weighted by atomic mass is 9.74. The predicted octanol–water partition coefficient (Wildman–Crippen LogP) is 3.93. The Morgan fingerprint density at radius 3 is 3.04 bits per heavy atom. The lowest BCUT2D eigenvalue weighted by Gasteiger charge is -2.44. The van der Waals surface area contributed by atoms with Gasteiger partial charge in [0.25, 0.3) is 0 Å². The van der Waals surface area contributed by atoms with Crippen molar-refractivity contribution in [3.8, 4) is 6.07 Å². The molecule has 1 aromatic carbocycles. The molecule has 4 rings (SSSR count). The minimum atomic E-state index is 0.397. The van der Waals surface area contributed by atoms with Crippen LogP contribution < -0.4 is 0 Å². The van der Waals surface area contributed by atoms with Crippen LogP contribution in [0, 0.1) is 11.3 Å². The van der Waals surface area contributed by atoms with E-state index in [1.54, 1.807) is 0 Å². The van der Waals surface area contributed by atoms with Crippen LogP contribution in [0.15, 0.2) is 24.8 Å². The number of benzene rings is 1. The van der Waals surface area contributed by atoms with Gasteiger partial charge in [-0.3, -0.25) is 4.90 Å². The van der Waals surface area contributed by atoms with Gasteiger partial charge in [0, 0.05) is 23.0 Å². The average Bonchev–Trinajstić information content (AvgIpc) is 2.89. The number of piperidine rings is 1. The SMILES string of the molecule is C=Cc1c2c3c(cccc3n1CC#N)[C@H]1CCCN(CC)[C@@H]1C2. The molecule has 2 atom stereocenters. The zero-order chi connectivity index (χ0) is 16.0. The quantitative estimate of drug-likeness (QED) is 0.860. The molecule has 0 saturated carbocycles. The van der Waals surface area contributed by atoms with Crippen LogP contribution in [0.4, 0.5) is 0 Å². The van der Waals surface area contributed by atoms with Crippen LogP contribution in [0.1, 0.15) is 42.5 Å². The second kappa shape index (κ2) is 5.54. The summed E-state index contributed by atoms with van der Waals surface area (Å²) in [5.74, 6) is 0.635. The van der Waals surface area contributed by atoms with Crippen molar-refractivity contribution in [2.24, 2.45) is 0 Å². The monoisotopic (exact) mass is 305 g/mol. The van der Waals surface area contributed by atoms with Gasteiger partial charge in [0.15, 0.2) is 0 Å². The number of likely N-dealkylation sites (tertiary alicyclic amines) is 1. The number of aromatic nitrogens is 1. The maximum Gasteiger partial charge on any atom is 0.110 e. The van der Waals surface area contributed by atoms with E-state index in [4.69, 9.17) is 0 Å². The van der Waals surface area contributed by atoms with Crippen molar-refractivity contribution in [2.45, 2.75) is 44.7 Å². The van der Waals surface area contributed by atoms with Gasteiger partial charge >= 0.3 is 0 Å². The van der Waals surface area contributed by atoms with E-state index >= 15 is 0 Å². The van der Waals surface area contributed by atoms with Gasteiger partial charge in [0.2, 0.25) is 0 Å². The molecule has 0 amide bonds. The van der Waals surface area contributed by atoms with Crippen LogP contribution in [-0.2, 0) is 13.0 Å². The van der Waals surface area contributed by atoms with E-state index in [9.17, 15) is 5.26 Å². The fraction of sp³-hybridized carbons (Fsp3) is 0.450. The Hall–Kier alpha value is -2.05. The Morgan fingerprint density at radius 2 is 2.30 bits per heavy atom. The summed E-state index contributed by atoms with van der Waals surface area (Å²) in [4.78, 5) is 2.64. The van der Waals surface area contributed by atoms with E-state index < -0.39 is 0 Å². The Kier molecular flexibility index (Phi) is 3.50. The maximum atomic E-state index is 9.24. The lowest BCUT2D eigenvalue weighted by molar-refractivity contribution is 0.131. The van der Waals surface area contributed by atoms with E-state index in [0.29, 0.717) is 18.5 Å². The maximum absolute atomic E-state index is 9.24. The minimum Gasteiger partial charge on any atom is -0.327 e. The second-order valence-electron chi connectivity index (χ2n) is 6.70. The minimum absolute atomic E-state index is 0.397. The lowest BCUT2D eigenvalue weighted by Crippen LogP contribution is -2.46. The van der Waals surface area contributed by atoms with Crippen molar-refractivity contribution in [2.75, 3.05) is 13.1 Å². The average molecular weight is 305 g/mol. The number of rotatable bonds is 3. The standard InChI is InChI=1S/C20H23N3/c1-3-17-16-13-19-14(8-6-11-22(19)4-2)15-7-5-9-18(20(15)16)23(17)12-10-21/h3,5,7,9,14,19H,1,4,6,8,11-13H2,2H3/t14-,19-/m1/s1. The molecule has 2 aromatic rings. The first-order valence-electron chi connectivity index (χ1n) is 8.67. The zero-order valence-electron chi connectivity index (χ0n) is 13.8. The largest absolute Gasteiger partial charge is 0.327 e. The number of nitrogens with zero attached hydrogens (tertiary/aromatic N) is 3. The molecule has 0 radical (unpaired) electrons. The third-order valence-electron chi connectivity index (χ3n) is 5.80. The Balaban J connectivity index is 1.98. The highest BCUT2D eigenvalue weighted by Gasteiger charge is 2.38. The Bertz CT molecular complexity index is 808. The van der Waals surface area contributed by atoms with Crippen molar-refractivity contribution in [3.05, 3.63) is 41.6 Å². The molecular formula is C20H23N3. The van der Waals surface area contributed by atoms with E-state index in [0.717, 1.165) is 18.7 Å². The number of hydrogen-bond acceptors (Lipinski definition) is 2. The molecule has 0 bridgehead atoms. The van der Waals surface area contributed by atoms with Gasteiger partial charge < -0.3 is 4.57 Å². The normalized spacial score (nSPS) is 23.5. The Morgan fingerprint density at radius 1 is 1.43 bits per heavy atom. The third-order valence-corrected chi connectivity index (χ3v) is 5.80. The Labute approximate surface area is 137 Å². The topological polar surface area (TPSA) is 32.0 Å². The summed E-state index contributed by atoms with van der Waals surface area (Å²) in [6.45, 7) is 9.03. The molecule has 2 heterocycles. The molecule has 0 N–H and O–H groups in total. The summed E-state index contributed by atoms with van der Waals surface area (Å²) in [5.41, 5.74) is 5.25. The highest BCUT2D eigenvalue weighted by atomic mass is 15.2. The summed E-state index contributed by atoms with van der Waals surface area (Å²) in [7, 11) is 0. The van der Waals surface area contributed by atoms with Crippen LogP contribution in [0.2, 0.25) is 0 Å². The number of nitriles is 1. The van der Waals surface area contributed by atoms with Crippen molar-refractivity contribution in [3.63, 3.8) is 0 Å². The first kappa shape index (κ1) is 14.5. The molecule has 0 spiro atoms. The summed E-state index contributed by atoms with van der Waals surface area (Å²) in [6.07, 6.45) is 5.60. The number of fused-ring (bicyclic) bond motifs is 2. The van der Waals surface area contributed by atoms with Gasteiger partial charge in [-0.25, -0.2) is 0 Å². The van der Waals surface area contributed by atoms with Crippen molar-refractivity contribution < 1.29 is 0 Å². The van der Waals surface area contributed by atoms with Crippen LogP contribution >= 0.6 is 0 Å². The molecule has 23 heavy (non-hydrogen) atoms. The summed E-state index contributed by atoms with van der Waals surface area (Å²) < 4.78 is 2.15. The van der Waals surface area contributed by atoms with Gasteiger partial charge in [-0.1, -0.05) is 25.6 Å². The van der Waals surface area contributed by atoms with E-state index in [1.807, 2.05) is 6.08 Å². The highest BCUT2D eigenvalue weighted by molar-refractivity contribution is 5.92. The highest BCUT2D eigenvalue weighted by Crippen LogP contribution is 2.45.